The van der Waals surface area contributed by atoms with E-state index in [0.29, 0.717) is 18.6 Å². The van der Waals surface area contributed by atoms with Crippen LogP contribution in [0.3, 0.4) is 0 Å². The molecular weight excluding hydrogens is 226 g/mol. The lowest BCUT2D eigenvalue weighted by atomic mass is 9.95. The van der Waals surface area contributed by atoms with Gasteiger partial charge in [-0.1, -0.05) is 12.7 Å². The number of rotatable bonds is 4. The molecule has 0 heterocycles. The molecule has 1 N–H and O–H groups in total. The van der Waals surface area contributed by atoms with Crippen LogP contribution in [0.1, 0.15) is 32.6 Å². The standard InChI is InChI=1S/C13H19NO2.C2H4/c1-3-11(10(2)8-14)9-16-13-6-4-5-12(15)7-13;1-2/h3,12-13,15H,2,4-7,9H2,1H3;1-2H2/b11-3-;. The largest absolute Gasteiger partial charge is 0.393 e. The number of aliphatic hydroxyl groups is 1. The Morgan fingerprint density at radius 2 is 2.17 bits per heavy atom. The first-order chi connectivity index (χ1) is 8.67. The molecule has 0 radical (unpaired) electrons. The van der Waals surface area contributed by atoms with E-state index in [2.05, 4.69) is 19.7 Å². The van der Waals surface area contributed by atoms with Gasteiger partial charge in [0, 0.05) is 5.57 Å². The molecule has 0 saturated heterocycles. The number of hydrogen-bond donors (Lipinski definition) is 1. The molecule has 0 amide bonds. The van der Waals surface area contributed by atoms with Crippen LogP contribution in [0.15, 0.2) is 37.0 Å². The van der Waals surface area contributed by atoms with Crippen LogP contribution >= 0.6 is 0 Å². The molecule has 3 nitrogen and oxygen atoms in total. The Bertz CT molecular complexity index is 328. The molecule has 2 unspecified atom stereocenters. The van der Waals surface area contributed by atoms with Gasteiger partial charge in [-0.25, -0.2) is 0 Å². The molecule has 1 rings (SSSR count). The fourth-order valence-electron chi connectivity index (χ4n) is 1.90. The van der Waals surface area contributed by atoms with E-state index in [1.54, 1.807) is 0 Å². The van der Waals surface area contributed by atoms with E-state index < -0.39 is 0 Å². The summed E-state index contributed by atoms with van der Waals surface area (Å²) < 4.78 is 5.69. The highest BCUT2D eigenvalue weighted by molar-refractivity contribution is 5.39. The van der Waals surface area contributed by atoms with Crippen LogP contribution in [0.2, 0.25) is 0 Å². The minimum atomic E-state index is -0.230. The Labute approximate surface area is 110 Å². The van der Waals surface area contributed by atoms with Crippen molar-refractivity contribution in [3.8, 4) is 6.07 Å². The number of hydrogen-bond acceptors (Lipinski definition) is 3. The number of ether oxygens (including phenoxy) is 1. The van der Waals surface area contributed by atoms with Gasteiger partial charge in [0.05, 0.1) is 24.9 Å². The van der Waals surface area contributed by atoms with Crippen molar-refractivity contribution in [1.82, 2.24) is 0 Å². The summed E-state index contributed by atoms with van der Waals surface area (Å²) in [6.07, 6.45) is 5.32. The maximum atomic E-state index is 9.49. The maximum absolute atomic E-state index is 9.49. The molecule has 1 saturated carbocycles. The highest BCUT2D eigenvalue weighted by Gasteiger charge is 2.20. The molecule has 0 bridgehead atoms. The van der Waals surface area contributed by atoms with Gasteiger partial charge in [-0.15, -0.1) is 13.2 Å². The van der Waals surface area contributed by atoms with Crippen molar-refractivity contribution in [3.05, 3.63) is 37.0 Å². The summed E-state index contributed by atoms with van der Waals surface area (Å²) in [7, 11) is 0. The molecule has 1 aliphatic rings. The molecule has 0 aliphatic heterocycles. The third-order valence-electron chi connectivity index (χ3n) is 2.94. The minimum absolute atomic E-state index is 0.116. The monoisotopic (exact) mass is 249 g/mol. The van der Waals surface area contributed by atoms with E-state index in [0.717, 1.165) is 24.8 Å². The molecule has 0 aromatic rings. The van der Waals surface area contributed by atoms with Gasteiger partial charge in [-0.05, 0) is 38.2 Å². The van der Waals surface area contributed by atoms with Gasteiger partial charge >= 0.3 is 0 Å². The zero-order chi connectivity index (χ0) is 14.0. The third-order valence-corrected chi connectivity index (χ3v) is 2.94. The summed E-state index contributed by atoms with van der Waals surface area (Å²) in [4.78, 5) is 0. The Hall–Kier alpha value is -1.37. The highest BCUT2D eigenvalue weighted by atomic mass is 16.5. The lowest BCUT2D eigenvalue weighted by Crippen LogP contribution is -2.26. The second-order valence-electron chi connectivity index (χ2n) is 4.16. The van der Waals surface area contributed by atoms with E-state index in [9.17, 15) is 5.11 Å². The van der Waals surface area contributed by atoms with Gasteiger partial charge in [0.25, 0.3) is 0 Å². The van der Waals surface area contributed by atoms with Crippen LogP contribution in [-0.4, -0.2) is 23.9 Å². The molecule has 2 atom stereocenters. The van der Waals surface area contributed by atoms with Crippen LogP contribution in [0.4, 0.5) is 0 Å². The van der Waals surface area contributed by atoms with Gasteiger partial charge in [0.2, 0.25) is 0 Å². The van der Waals surface area contributed by atoms with E-state index in [4.69, 9.17) is 10.00 Å². The van der Waals surface area contributed by atoms with Crippen LogP contribution in [0.25, 0.3) is 0 Å². The van der Waals surface area contributed by atoms with Crippen molar-refractivity contribution in [2.45, 2.75) is 44.8 Å². The van der Waals surface area contributed by atoms with E-state index in [1.165, 1.54) is 0 Å². The summed E-state index contributed by atoms with van der Waals surface area (Å²) in [5.74, 6) is 0. The summed E-state index contributed by atoms with van der Waals surface area (Å²) >= 11 is 0. The second-order valence-corrected chi connectivity index (χ2v) is 4.16. The predicted molar refractivity (Wildman–Crippen MR) is 74.0 cm³/mol. The van der Waals surface area contributed by atoms with Crippen molar-refractivity contribution in [2.24, 2.45) is 0 Å². The zero-order valence-electron chi connectivity index (χ0n) is 11.2. The van der Waals surface area contributed by atoms with Crippen molar-refractivity contribution in [1.29, 1.82) is 5.26 Å². The van der Waals surface area contributed by atoms with Crippen molar-refractivity contribution >= 4 is 0 Å². The van der Waals surface area contributed by atoms with E-state index in [-0.39, 0.29) is 12.2 Å². The Morgan fingerprint density at radius 1 is 1.50 bits per heavy atom. The molecule has 1 aliphatic carbocycles. The van der Waals surface area contributed by atoms with Crippen LogP contribution < -0.4 is 0 Å². The van der Waals surface area contributed by atoms with Crippen LogP contribution in [-0.2, 0) is 4.74 Å². The first kappa shape index (κ1) is 16.6. The molecule has 18 heavy (non-hydrogen) atoms. The quantitative estimate of drug-likeness (QED) is 0.473. The average Bonchev–Trinajstić information content (AvgIpc) is 2.41. The summed E-state index contributed by atoms with van der Waals surface area (Å²) in [5.41, 5.74) is 1.29. The summed E-state index contributed by atoms with van der Waals surface area (Å²) in [6, 6.07) is 2.02. The summed E-state index contributed by atoms with van der Waals surface area (Å²) in [5, 5.41) is 18.2. The summed E-state index contributed by atoms with van der Waals surface area (Å²) in [6.45, 7) is 12.0. The molecule has 1 fully saturated rings. The number of allylic oxidation sites excluding steroid dienone is 1. The smallest absolute Gasteiger partial charge is 0.0989 e. The van der Waals surface area contributed by atoms with E-state index in [1.807, 2.05) is 19.1 Å². The SMILES string of the molecule is C=C.C=C(C#N)/C(=C\C)COC1CCCC(O)C1. The molecule has 0 spiro atoms. The van der Waals surface area contributed by atoms with Gasteiger partial charge in [-0.2, -0.15) is 5.26 Å². The van der Waals surface area contributed by atoms with Crippen LogP contribution in [0.5, 0.6) is 0 Å². The van der Waals surface area contributed by atoms with Crippen molar-refractivity contribution < 1.29 is 9.84 Å². The normalized spacial score (nSPS) is 23.5. The third kappa shape index (κ3) is 5.81. The lowest BCUT2D eigenvalue weighted by molar-refractivity contribution is -0.00492. The maximum Gasteiger partial charge on any atom is 0.0989 e. The fourth-order valence-corrected chi connectivity index (χ4v) is 1.90. The Morgan fingerprint density at radius 3 is 2.67 bits per heavy atom. The fraction of sp³-hybridized carbons (Fsp3) is 0.533. The topological polar surface area (TPSA) is 53.2 Å². The number of nitrogens with zero attached hydrogens (tertiary/aromatic N) is 1. The first-order valence-electron chi connectivity index (χ1n) is 6.21. The molecule has 0 aromatic carbocycles. The van der Waals surface area contributed by atoms with Gasteiger partial charge in [0.15, 0.2) is 0 Å². The Balaban J connectivity index is 0.00000137. The first-order valence-corrected chi connectivity index (χ1v) is 6.21. The lowest BCUT2D eigenvalue weighted by Gasteiger charge is -2.26. The highest BCUT2D eigenvalue weighted by Crippen LogP contribution is 2.22. The minimum Gasteiger partial charge on any atom is -0.393 e. The van der Waals surface area contributed by atoms with Gasteiger partial charge in [0.1, 0.15) is 0 Å². The molecule has 100 valence electrons. The van der Waals surface area contributed by atoms with Crippen LogP contribution in [0, 0.1) is 11.3 Å². The predicted octanol–water partition coefficient (Wildman–Crippen LogP) is 3.13. The van der Waals surface area contributed by atoms with Crippen molar-refractivity contribution in [2.75, 3.05) is 6.61 Å². The van der Waals surface area contributed by atoms with E-state index >= 15 is 0 Å². The van der Waals surface area contributed by atoms with Gasteiger partial charge < -0.3 is 9.84 Å². The Kier molecular flexibility index (Phi) is 8.91. The average molecular weight is 249 g/mol. The number of aliphatic hydroxyl groups excluding tert-OH is 1. The van der Waals surface area contributed by atoms with Gasteiger partial charge in [-0.3, -0.25) is 0 Å². The van der Waals surface area contributed by atoms with Crippen molar-refractivity contribution in [3.63, 3.8) is 0 Å². The number of nitriles is 1. The second kappa shape index (κ2) is 9.64. The zero-order valence-corrected chi connectivity index (χ0v) is 11.2. The molecule has 3 heteroatoms. The molecule has 0 aromatic heterocycles. The molecular formula is C15H23NO2.